The smallest absolute Gasteiger partial charge is 0.328 e. The number of aromatic nitrogens is 2. The molecule has 1 aromatic carbocycles. The second-order valence-electron chi connectivity index (χ2n) is 4.96. The molecule has 25 heavy (non-hydrogen) atoms. The fourth-order valence-electron chi connectivity index (χ4n) is 2.16. The Kier molecular flexibility index (Phi) is 5.89. The van der Waals surface area contributed by atoms with Crippen molar-refractivity contribution >= 4 is 28.5 Å². The Hall–Kier alpha value is -3.61. The van der Waals surface area contributed by atoms with Crippen molar-refractivity contribution in [1.29, 1.82) is 0 Å². The zero-order chi connectivity index (χ0) is 18.2. The minimum absolute atomic E-state index is 0.558. The van der Waals surface area contributed by atoms with E-state index in [9.17, 15) is 9.59 Å². The predicted octanol–water partition coefficient (Wildman–Crippen LogP) is 2.65. The van der Waals surface area contributed by atoms with Crippen LogP contribution in [0.3, 0.4) is 0 Å². The van der Waals surface area contributed by atoms with E-state index in [0.717, 1.165) is 5.69 Å². The highest BCUT2D eigenvalue weighted by Crippen LogP contribution is 2.19. The van der Waals surface area contributed by atoms with Gasteiger partial charge in [-0.05, 0) is 24.3 Å². The minimum atomic E-state index is -1.26. The Labute approximate surface area is 144 Å². The molecule has 3 aromatic rings. The number of anilines is 1. The van der Waals surface area contributed by atoms with Gasteiger partial charge < -0.3 is 10.2 Å². The van der Waals surface area contributed by atoms with Crippen molar-refractivity contribution in [2.24, 2.45) is 0 Å². The molecule has 0 atom stereocenters. The molecule has 0 saturated heterocycles. The van der Waals surface area contributed by atoms with E-state index in [0.29, 0.717) is 12.2 Å². The lowest BCUT2D eigenvalue weighted by molar-refractivity contribution is -0.134. The van der Waals surface area contributed by atoms with Gasteiger partial charge in [0.25, 0.3) is 0 Å². The molecule has 7 nitrogen and oxygen atoms in total. The predicted molar refractivity (Wildman–Crippen MR) is 94.4 cm³/mol. The van der Waals surface area contributed by atoms with Gasteiger partial charge in [0, 0.05) is 43.2 Å². The number of aliphatic carboxylic acids is 2. The van der Waals surface area contributed by atoms with Crippen molar-refractivity contribution in [3.63, 3.8) is 0 Å². The summed E-state index contributed by atoms with van der Waals surface area (Å²) in [6.07, 6.45) is 6.80. The van der Waals surface area contributed by atoms with Gasteiger partial charge in [0.2, 0.25) is 0 Å². The van der Waals surface area contributed by atoms with Crippen LogP contribution in [-0.4, -0.2) is 38.9 Å². The number of para-hydroxylation sites is 1. The topological polar surface area (TPSA) is 95.7 Å². The highest BCUT2D eigenvalue weighted by molar-refractivity contribution is 5.89. The zero-order valence-corrected chi connectivity index (χ0v) is 13.5. The summed E-state index contributed by atoms with van der Waals surface area (Å²) in [7, 11) is 2.04. The summed E-state index contributed by atoms with van der Waals surface area (Å²) < 4.78 is 2.13. The SMILES string of the molecule is CN(c1ccncc1)n1ccc2ccccc21.O=C(O)/C=C\C(=O)O. The third-order valence-corrected chi connectivity index (χ3v) is 3.31. The number of pyridine rings is 1. The molecule has 0 radical (unpaired) electrons. The normalized spacial score (nSPS) is 10.3. The first-order valence-corrected chi connectivity index (χ1v) is 7.33. The molecular formula is C18H17N3O4. The van der Waals surface area contributed by atoms with Gasteiger partial charge in [-0.2, -0.15) is 0 Å². The van der Waals surface area contributed by atoms with Crippen molar-refractivity contribution in [2.45, 2.75) is 0 Å². The van der Waals surface area contributed by atoms with Gasteiger partial charge in [0.15, 0.2) is 0 Å². The van der Waals surface area contributed by atoms with Gasteiger partial charge in [-0.15, -0.1) is 0 Å². The highest BCUT2D eigenvalue weighted by Gasteiger charge is 2.05. The average molecular weight is 339 g/mol. The molecule has 2 N–H and O–H groups in total. The first kappa shape index (κ1) is 17.7. The molecule has 0 aliphatic heterocycles. The van der Waals surface area contributed by atoms with Crippen LogP contribution in [0.1, 0.15) is 0 Å². The maximum atomic E-state index is 9.55. The quantitative estimate of drug-likeness (QED) is 0.710. The minimum Gasteiger partial charge on any atom is -0.478 e. The van der Waals surface area contributed by atoms with E-state index >= 15 is 0 Å². The molecule has 3 rings (SSSR count). The molecule has 0 fully saturated rings. The van der Waals surface area contributed by atoms with Crippen LogP contribution in [0.15, 0.2) is 73.2 Å². The van der Waals surface area contributed by atoms with Crippen molar-refractivity contribution in [3.05, 3.63) is 73.2 Å². The van der Waals surface area contributed by atoms with Gasteiger partial charge >= 0.3 is 11.9 Å². The molecule has 2 aromatic heterocycles. The maximum absolute atomic E-state index is 9.55. The first-order chi connectivity index (χ1) is 12.0. The first-order valence-electron chi connectivity index (χ1n) is 7.33. The van der Waals surface area contributed by atoms with E-state index in [4.69, 9.17) is 10.2 Å². The molecule has 128 valence electrons. The summed E-state index contributed by atoms with van der Waals surface area (Å²) in [6, 6.07) is 14.5. The van der Waals surface area contributed by atoms with E-state index in [-0.39, 0.29) is 0 Å². The summed E-state index contributed by atoms with van der Waals surface area (Å²) >= 11 is 0. The lowest BCUT2D eigenvalue weighted by atomic mass is 10.3. The van der Waals surface area contributed by atoms with E-state index in [1.807, 2.05) is 19.2 Å². The molecular weight excluding hydrogens is 322 g/mol. The molecule has 7 heteroatoms. The van der Waals surface area contributed by atoms with Gasteiger partial charge in [-0.1, -0.05) is 18.2 Å². The second-order valence-corrected chi connectivity index (χ2v) is 4.96. The van der Waals surface area contributed by atoms with Crippen LogP contribution in [0.5, 0.6) is 0 Å². The van der Waals surface area contributed by atoms with Crippen LogP contribution in [-0.2, 0) is 9.59 Å². The van der Waals surface area contributed by atoms with E-state index in [1.54, 1.807) is 12.4 Å². The number of nitrogens with zero attached hydrogens (tertiary/aromatic N) is 3. The van der Waals surface area contributed by atoms with Crippen LogP contribution in [0.25, 0.3) is 10.9 Å². The largest absolute Gasteiger partial charge is 0.478 e. The lowest BCUT2D eigenvalue weighted by Crippen LogP contribution is -2.23. The third-order valence-electron chi connectivity index (χ3n) is 3.31. The summed E-state index contributed by atoms with van der Waals surface area (Å²) in [4.78, 5) is 23.1. The summed E-state index contributed by atoms with van der Waals surface area (Å²) in [6.45, 7) is 0. The molecule has 0 unspecified atom stereocenters. The zero-order valence-electron chi connectivity index (χ0n) is 13.5. The Morgan fingerprint density at radius 2 is 1.60 bits per heavy atom. The Balaban J connectivity index is 0.000000242. The highest BCUT2D eigenvalue weighted by atomic mass is 16.4. The molecule has 2 heterocycles. The number of carboxylic acids is 2. The lowest BCUT2D eigenvalue weighted by Gasteiger charge is -2.21. The number of carboxylic acid groups (broad SMARTS) is 2. The fourth-order valence-corrected chi connectivity index (χ4v) is 2.16. The molecule has 0 aliphatic rings. The Morgan fingerprint density at radius 1 is 1.00 bits per heavy atom. The van der Waals surface area contributed by atoms with Crippen LogP contribution in [0.2, 0.25) is 0 Å². The molecule has 0 saturated carbocycles. The van der Waals surface area contributed by atoms with Crippen LogP contribution in [0.4, 0.5) is 5.69 Å². The van der Waals surface area contributed by atoms with E-state index < -0.39 is 11.9 Å². The van der Waals surface area contributed by atoms with Crippen molar-refractivity contribution in [2.75, 3.05) is 12.1 Å². The van der Waals surface area contributed by atoms with Crippen molar-refractivity contribution < 1.29 is 19.8 Å². The number of rotatable bonds is 4. The third kappa shape index (κ3) is 4.93. The number of hydrogen-bond donors (Lipinski definition) is 2. The monoisotopic (exact) mass is 339 g/mol. The molecule has 0 aliphatic carbocycles. The van der Waals surface area contributed by atoms with Gasteiger partial charge in [0.1, 0.15) is 0 Å². The van der Waals surface area contributed by atoms with E-state index in [2.05, 4.69) is 51.2 Å². The van der Waals surface area contributed by atoms with Crippen LogP contribution < -0.4 is 5.01 Å². The van der Waals surface area contributed by atoms with Gasteiger partial charge in [-0.3, -0.25) is 14.7 Å². The number of benzene rings is 1. The van der Waals surface area contributed by atoms with E-state index in [1.165, 1.54) is 10.9 Å². The van der Waals surface area contributed by atoms with Gasteiger partial charge in [-0.25, -0.2) is 9.59 Å². The fraction of sp³-hybridized carbons (Fsp3) is 0.0556. The summed E-state index contributed by atoms with van der Waals surface area (Å²) in [5, 5.41) is 19.0. The Bertz CT molecular complexity index is 871. The van der Waals surface area contributed by atoms with Crippen LogP contribution in [0, 0.1) is 0 Å². The number of hydrogen-bond acceptors (Lipinski definition) is 4. The molecule has 0 bridgehead atoms. The second kappa shape index (κ2) is 8.30. The van der Waals surface area contributed by atoms with Crippen molar-refractivity contribution in [3.8, 4) is 0 Å². The summed E-state index contributed by atoms with van der Waals surface area (Å²) in [5.41, 5.74) is 2.31. The van der Waals surface area contributed by atoms with Crippen molar-refractivity contribution in [1.82, 2.24) is 9.66 Å². The summed E-state index contributed by atoms with van der Waals surface area (Å²) in [5.74, 6) is -2.51. The number of fused-ring (bicyclic) bond motifs is 1. The average Bonchev–Trinajstić information content (AvgIpc) is 3.05. The number of carbonyl (C=O) groups is 2. The van der Waals surface area contributed by atoms with Gasteiger partial charge in [0.05, 0.1) is 11.2 Å². The Morgan fingerprint density at radius 3 is 2.20 bits per heavy atom. The maximum Gasteiger partial charge on any atom is 0.328 e. The van der Waals surface area contributed by atoms with Crippen LogP contribution >= 0.6 is 0 Å². The standard InChI is InChI=1S/C14H13N3.C4H4O4/c1-16(13-6-9-15-10-7-13)17-11-8-12-4-2-3-5-14(12)17;5-3(6)1-2-4(7)8/h2-11H,1H3;1-2H,(H,5,6)(H,7,8)/b;2-1-. The molecule has 0 spiro atoms. The molecule has 0 amide bonds.